The highest BCUT2D eigenvalue weighted by atomic mass is 16.5. The van der Waals surface area contributed by atoms with Gasteiger partial charge in [0.1, 0.15) is 0 Å². The summed E-state index contributed by atoms with van der Waals surface area (Å²) in [5.74, 6) is 0. The van der Waals surface area contributed by atoms with E-state index < -0.39 is 0 Å². The Kier molecular flexibility index (Phi) is 6.51. The number of benzene rings is 1. The summed E-state index contributed by atoms with van der Waals surface area (Å²) in [6.45, 7) is 2.58. The molecule has 5 nitrogen and oxygen atoms in total. The second kappa shape index (κ2) is 8.89. The number of methoxy groups -OCH3 is 1. The maximum absolute atomic E-state index is 11.7. The highest BCUT2D eigenvalue weighted by Gasteiger charge is 2.04. The molecule has 0 fully saturated rings. The van der Waals surface area contributed by atoms with Crippen molar-refractivity contribution in [3.05, 3.63) is 59.9 Å². The Labute approximate surface area is 131 Å². The Morgan fingerprint density at radius 2 is 1.95 bits per heavy atom. The minimum absolute atomic E-state index is 0.149. The van der Waals surface area contributed by atoms with Gasteiger partial charge >= 0.3 is 6.03 Å². The van der Waals surface area contributed by atoms with Crippen molar-refractivity contribution >= 4 is 6.03 Å². The molecule has 0 spiro atoms. The summed E-state index contributed by atoms with van der Waals surface area (Å²) in [6, 6.07) is 14.1. The molecule has 0 unspecified atom stereocenters. The summed E-state index contributed by atoms with van der Waals surface area (Å²) in [6.07, 6.45) is 2.84. The summed E-state index contributed by atoms with van der Waals surface area (Å²) >= 11 is 0. The molecule has 0 saturated carbocycles. The maximum Gasteiger partial charge on any atom is 0.315 e. The van der Waals surface area contributed by atoms with E-state index in [-0.39, 0.29) is 6.03 Å². The Morgan fingerprint density at radius 3 is 2.73 bits per heavy atom. The zero-order valence-electron chi connectivity index (χ0n) is 12.9. The number of ether oxygens (including phenoxy) is 1. The Balaban J connectivity index is 1.79. The molecular weight excluding hydrogens is 278 g/mol. The standard InChI is InChI=1S/C17H23N3O2/c1-22-12-6-10-18-17(21)19-13-16-9-5-11-20(16)14-15-7-3-2-4-8-15/h2-5,7-9,11H,6,10,12-14H2,1H3,(H2,18,19,21). The smallest absolute Gasteiger partial charge is 0.315 e. The fraction of sp³-hybridized carbons (Fsp3) is 0.353. The topological polar surface area (TPSA) is 55.3 Å². The molecule has 2 aromatic rings. The van der Waals surface area contributed by atoms with E-state index in [4.69, 9.17) is 4.74 Å². The van der Waals surface area contributed by atoms with Crippen molar-refractivity contribution in [2.75, 3.05) is 20.3 Å². The number of hydrogen-bond acceptors (Lipinski definition) is 2. The second-order valence-corrected chi connectivity index (χ2v) is 5.07. The minimum atomic E-state index is -0.149. The van der Waals surface area contributed by atoms with Gasteiger partial charge in [0, 0.05) is 38.7 Å². The van der Waals surface area contributed by atoms with E-state index in [9.17, 15) is 4.79 Å². The van der Waals surface area contributed by atoms with Crippen molar-refractivity contribution in [2.45, 2.75) is 19.5 Å². The van der Waals surface area contributed by atoms with Crippen molar-refractivity contribution in [3.8, 4) is 0 Å². The van der Waals surface area contributed by atoms with Crippen LogP contribution in [0.2, 0.25) is 0 Å². The van der Waals surface area contributed by atoms with Crippen molar-refractivity contribution in [2.24, 2.45) is 0 Å². The molecule has 2 amide bonds. The van der Waals surface area contributed by atoms with Crippen LogP contribution in [0, 0.1) is 0 Å². The molecule has 0 aliphatic carbocycles. The lowest BCUT2D eigenvalue weighted by atomic mass is 10.2. The van der Waals surface area contributed by atoms with E-state index in [1.54, 1.807) is 7.11 Å². The molecule has 118 valence electrons. The summed E-state index contributed by atoms with van der Waals surface area (Å²) < 4.78 is 7.08. The molecule has 5 heteroatoms. The van der Waals surface area contributed by atoms with Gasteiger partial charge in [-0.05, 0) is 24.1 Å². The van der Waals surface area contributed by atoms with Crippen LogP contribution < -0.4 is 10.6 Å². The van der Waals surface area contributed by atoms with Crippen LogP contribution in [0.1, 0.15) is 17.7 Å². The van der Waals surface area contributed by atoms with E-state index in [1.165, 1.54) is 5.56 Å². The van der Waals surface area contributed by atoms with Gasteiger partial charge in [-0.25, -0.2) is 4.79 Å². The number of nitrogens with zero attached hydrogens (tertiary/aromatic N) is 1. The molecule has 0 atom stereocenters. The van der Waals surface area contributed by atoms with Gasteiger partial charge in [-0.15, -0.1) is 0 Å². The quantitative estimate of drug-likeness (QED) is 0.736. The normalized spacial score (nSPS) is 10.4. The maximum atomic E-state index is 11.7. The highest BCUT2D eigenvalue weighted by Crippen LogP contribution is 2.07. The molecule has 0 aliphatic rings. The van der Waals surface area contributed by atoms with E-state index in [2.05, 4.69) is 27.3 Å². The Morgan fingerprint density at radius 1 is 1.14 bits per heavy atom. The molecule has 0 bridgehead atoms. The zero-order valence-corrected chi connectivity index (χ0v) is 12.9. The van der Waals surface area contributed by atoms with Crippen LogP contribution in [0.5, 0.6) is 0 Å². The van der Waals surface area contributed by atoms with Crippen molar-refractivity contribution in [3.63, 3.8) is 0 Å². The van der Waals surface area contributed by atoms with Gasteiger partial charge in [0.15, 0.2) is 0 Å². The SMILES string of the molecule is COCCCNC(=O)NCc1cccn1Cc1ccccc1. The number of urea groups is 1. The Bertz CT molecular complexity index is 566. The highest BCUT2D eigenvalue weighted by molar-refractivity contribution is 5.73. The molecule has 0 saturated heterocycles. The number of nitrogens with one attached hydrogen (secondary N) is 2. The fourth-order valence-corrected chi connectivity index (χ4v) is 2.20. The average Bonchev–Trinajstić information content (AvgIpc) is 2.98. The molecule has 2 N–H and O–H groups in total. The molecule has 1 aromatic carbocycles. The van der Waals surface area contributed by atoms with Gasteiger partial charge in [0.2, 0.25) is 0 Å². The largest absolute Gasteiger partial charge is 0.385 e. The average molecular weight is 301 g/mol. The van der Waals surface area contributed by atoms with Crippen molar-refractivity contribution in [1.29, 1.82) is 0 Å². The summed E-state index contributed by atoms with van der Waals surface area (Å²) in [5, 5.41) is 5.69. The van der Waals surface area contributed by atoms with Crippen molar-refractivity contribution in [1.82, 2.24) is 15.2 Å². The molecule has 22 heavy (non-hydrogen) atoms. The van der Waals surface area contributed by atoms with E-state index in [0.29, 0.717) is 19.7 Å². The van der Waals surface area contributed by atoms with Crippen LogP contribution in [0.4, 0.5) is 4.79 Å². The van der Waals surface area contributed by atoms with Gasteiger partial charge in [-0.1, -0.05) is 30.3 Å². The lowest BCUT2D eigenvalue weighted by molar-refractivity contribution is 0.193. The van der Waals surface area contributed by atoms with Gasteiger partial charge < -0.3 is 19.9 Å². The molecular formula is C17H23N3O2. The minimum Gasteiger partial charge on any atom is -0.385 e. The number of aromatic nitrogens is 1. The van der Waals surface area contributed by atoms with Crippen LogP contribution in [0.25, 0.3) is 0 Å². The first-order chi connectivity index (χ1) is 10.8. The third-order valence-electron chi connectivity index (χ3n) is 3.36. The third-order valence-corrected chi connectivity index (χ3v) is 3.36. The first-order valence-electron chi connectivity index (χ1n) is 7.48. The van der Waals surface area contributed by atoms with Gasteiger partial charge in [0.05, 0.1) is 6.54 Å². The number of carbonyl (C=O) groups is 1. The van der Waals surface area contributed by atoms with Crippen LogP contribution in [-0.4, -0.2) is 30.9 Å². The lowest BCUT2D eigenvalue weighted by Crippen LogP contribution is -2.36. The summed E-state index contributed by atoms with van der Waals surface area (Å²) in [4.78, 5) is 11.7. The van der Waals surface area contributed by atoms with E-state index in [0.717, 1.165) is 18.7 Å². The van der Waals surface area contributed by atoms with Crippen LogP contribution in [0.3, 0.4) is 0 Å². The van der Waals surface area contributed by atoms with Crippen LogP contribution in [0.15, 0.2) is 48.7 Å². The van der Waals surface area contributed by atoms with Gasteiger partial charge in [0.25, 0.3) is 0 Å². The first-order valence-corrected chi connectivity index (χ1v) is 7.48. The predicted molar refractivity (Wildman–Crippen MR) is 86.7 cm³/mol. The van der Waals surface area contributed by atoms with Crippen LogP contribution >= 0.6 is 0 Å². The number of carbonyl (C=O) groups excluding carboxylic acids is 1. The molecule has 0 aliphatic heterocycles. The fourth-order valence-electron chi connectivity index (χ4n) is 2.20. The van der Waals surface area contributed by atoms with E-state index in [1.807, 2.05) is 36.5 Å². The third kappa shape index (κ3) is 5.26. The molecule has 2 rings (SSSR count). The number of amides is 2. The van der Waals surface area contributed by atoms with Gasteiger partial charge in [-0.2, -0.15) is 0 Å². The summed E-state index contributed by atoms with van der Waals surface area (Å²) in [7, 11) is 1.65. The molecule has 1 aromatic heterocycles. The Hall–Kier alpha value is -2.27. The number of hydrogen-bond donors (Lipinski definition) is 2. The molecule has 1 heterocycles. The van der Waals surface area contributed by atoms with Crippen LogP contribution in [-0.2, 0) is 17.8 Å². The second-order valence-electron chi connectivity index (χ2n) is 5.07. The lowest BCUT2D eigenvalue weighted by Gasteiger charge is -2.11. The van der Waals surface area contributed by atoms with Gasteiger partial charge in [-0.3, -0.25) is 0 Å². The first kappa shape index (κ1) is 16.1. The monoisotopic (exact) mass is 301 g/mol. The summed E-state index contributed by atoms with van der Waals surface area (Å²) in [5.41, 5.74) is 2.32. The predicted octanol–water partition coefficient (Wildman–Crippen LogP) is 2.37. The zero-order chi connectivity index (χ0) is 15.6. The molecule has 0 radical (unpaired) electrons. The number of rotatable bonds is 8. The van der Waals surface area contributed by atoms with Crippen molar-refractivity contribution < 1.29 is 9.53 Å². The van der Waals surface area contributed by atoms with E-state index >= 15 is 0 Å².